The van der Waals surface area contributed by atoms with E-state index in [1.54, 1.807) is 10.9 Å². The van der Waals surface area contributed by atoms with Crippen molar-refractivity contribution in [2.24, 2.45) is 0 Å². The normalized spacial score (nSPS) is 10.4. The van der Waals surface area contributed by atoms with Crippen molar-refractivity contribution in [2.75, 3.05) is 6.61 Å². The largest absolute Gasteiger partial charge is 0.494 e. The highest BCUT2D eigenvalue weighted by atomic mass is 16.5. The molecule has 2 rings (SSSR count). The quantitative estimate of drug-likeness (QED) is 0.895. The summed E-state index contributed by atoms with van der Waals surface area (Å²) in [5.41, 5.74) is 2.30. The summed E-state index contributed by atoms with van der Waals surface area (Å²) in [5, 5.41) is 8.93. The number of carbonyl (C=O) groups is 1. The first-order chi connectivity index (χ1) is 9.11. The fourth-order valence-corrected chi connectivity index (χ4v) is 1.91. The van der Waals surface area contributed by atoms with Crippen LogP contribution in [-0.4, -0.2) is 27.2 Å². The Morgan fingerprint density at radius 3 is 2.63 bits per heavy atom. The van der Waals surface area contributed by atoms with Gasteiger partial charge in [-0.05, 0) is 38.1 Å². The number of rotatable bonds is 5. The lowest BCUT2D eigenvalue weighted by Crippen LogP contribution is -2.07. The van der Waals surface area contributed by atoms with Gasteiger partial charge in [0.2, 0.25) is 0 Å². The third-order valence-electron chi connectivity index (χ3n) is 2.82. The third-order valence-corrected chi connectivity index (χ3v) is 2.82. The summed E-state index contributed by atoms with van der Waals surface area (Å²) < 4.78 is 7.17. The highest BCUT2D eigenvalue weighted by molar-refractivity contribution is 5.70. The van der Waals surface area contributed by atoms with Gasteiger partial charge >= 0.3 is 5.97 Å². The van der Waals surface area contributed by atoms with Crippen LogP contribution in [0.1, 0.15) is 18.3 Å². The topological polar surface area (TPSA) is 64.4 Å². The van der Waals surface area contributed by atoms with Crippen LogP contribution >= 0.6 is 0 Å². The number of imidazole rings is 1. The van der Waals surface area contributed by atoms with Gasteiger partial charge in [-0.15, -0.1) is 0 Å². The van der Waals surface area contributed by atoms with Crippen LogP contribution in [-0.2, 0) is 11.2 Å². The summed E-state index contributed by atoms with van der Waals surface area (Å²) in [6, 6.07) is 7.49. The SMILES string of the molecule is CCOc1ccc(-n2cnc(C)c2CC(=O)O)cc1. The van der Waals surface area contributed by atoms with Crippen LogP contribution in [0.2, 0.25) is 0 Å². The minimum absolute atomic E-state index is 0.0426. The third kappa shape index (κ3) is 2.93. The van der Waals surface area contributed by atoms with Crippen molar-refractivity contribution in [2.45, 2.75) is 20.3 Å². The maximum absolute atomic E-state index is 10.9. The van der Waals surface area contributed by atoms with Gasteiger partial charge in [0.15, 0.2) is 0 Å². The zero-order valence-electron chi connectivity index (χ0n) is 11.0. The molecule has 1 aromatic carbocycles. The van der Waals surface area contributed by atoms with Crippen LogP contribution < -0.4 is 4.74 Å². The monoisotopic (exact) mass is 260 g/mol. The number of aryl methyl sites for hydroxylation is 1. The number of benzene rings is 1. The Morgan fingerprint density at radius 2 is 2.05 bits per heavy atom. The van der Waals surface area contributed by atoms with Gasteiger partial charge in [-0.3, -0.25) is 4.79 Å². The van der Waals surface area contributed by atoms with Gasteiger partial charge in [-0.25, -0.2) is 4.98 Å². The molecule has 19 heavy (non-hydrogen) atoms. The highest BCUT2D eigenvalue weighted by Crippen LogP contribution is 2.19. The standard InChI is InChI=1S/C14H16N2O3/c1-3-19-12-6-4-11(5-7-12)16-9-15-10(2)13(16)8-14(17)18/h4-7,9H,3,8H2,1-2H3,(H,17,18). The van der Waals surface area contributed by atoms with E-state index >= 15 is 0 Å². The van der Waals surface area contributed by atoms with E-state index in [1.165, 1.54) is 0 Å². The smallest absolute Gasteiger partial charge is 0.309 e. The highest BCUT2D eigenvalue weighted by Gasteiger charge is 2.12. The predicted molar refractivity (Wildman–Crippen MR) is 70.8 cm³/mol. The van der Waals surface area contributed by atoms with E-state index in [9.17, 15) is 4.79 Å². The fraction of sp³-hybridized carbons (Fsp3) is 0.286. The molecule has 0 aliphatic heterocycles. The number of hydrogen-bond donors (Lipinski definition) is 1. The van der Waals surface area contributed by atoms with Crippen molar-refractivity contribution < 1.29 is 14.6 Å². The Hall–Kier alpha value is -2.30. The predicted octanol–water partition coefficient (Wildman–Crippen LogP) is 2.21. The lowest BCUT2D eigenvalue weighted by atomic mass is 10.2. The zero-order chi connectivity index (χ0) is 13.8. The van der Waals surface area contributed by atoms with E-state index in [4.69, 9.17) is 9.84 Å². The maximum atomic E-state index is 10.9. The van der Waals surface area contributed by atoms with Crippen molar-refractivity contribution in [3.63, 3.8) is 0 Å². The summed E-state index contributed by atoms with van der Waals surface area (Å²) in [6.07, 6.45) is 1.60. The first kappa shape index (κ1) is 13.1. The number of aliphatic carboxylic acids is 1. The van der Waals surface area contributed by atoms with Gasteiger partial charge in [0, 0.05) is 5.69 Å². The second kappa shape index (κ2) is 5.56. The first-order valence-corrected chi connectivity index (χ1v) is 6.09. The van der Waals surface area contributed by atoms with E-state index in [1.807, 2.05) is 38.1 Å². The molecule has 0 bridgehead atoms. The maximum Gasteiger partial charge on any atom is 0.309 e. The molecule has 0 radical (unpaired) electrons. The molecule has 0 fully saturated rings. The Kier molecular flexibility index (Phi) is 3.85. The Labute approximate surface area is 111 Å². The second-order valence-corrected chi connectivity index (χ2v) is 4.14. The van der Waals surface area contributed by atoms with E-state index in [2.05, 4.69) is 4.98 Å². The lowest BCUT2D eigenvalue weighted by Gasteiger charge is -2.09. The number of carboxylic acids is 1. The molecule has 1 aromatic heterocycles. The second-order valence-electron chi connectivity index (χ2n) is 4.14. The summed E-state index contributed by atoms with van der Waals surface area (Å²) >= 11 is 0. The molecule has 0 atom stereocenters. The van der Waals surface area contributed by atoms with Crippen molar-refractivity contribution >= 4 is 5.97 Å². The molecule has 0 saturated carbocycles. The van der Waals surface area contributed by atoms with Gasteiger partial charge in [0.1, 0.15) is 5.75 Å². The average molecular weight is 260 g/mol. The molecule has 2 aromatic rings. The fourth-order valence-electron chi connectivity index (χ4n) is 1.91. The minimum Gasteiger partial charge on any atom is -0.494 e. The van der Waals surface area contributed by atoms with Gasteiger partial charge in [0.25, 0.3) is 0 Å². The molecular formula is C14H16N2O3. The van der Waals surface area contributed by atoms with E-state index in [0.29, 0.717) is 12.3 Å². The number of hydrogen-bond acceptors (Lipinski definition) is 3. The molecule has 0 unspecified atom stereocenters. The Bertz CT molecular complexity index is 573. The molecule has 5 heteroatoms. The van der Waals surface area contributed by atoms with E-state index in [-0.39, 0.29) is 6.42 Å². The molecule has 5 nitrogen and oxygen atoms in total. The minimum atomic E-state index is -0.865. The van der Waals surface area contributed by atoms with Gasteiger partial charge in [-0.2, -0.15) is 0 Å². The van der Waals surface area contributed by atoms with E-state index in [0.717, 1.165) is 17.1 Å². The molecule has 0 aliphatic rings. The molecule has 0 amide bonds. The Balaban J connectivity index is 2.33. The number of nitrogens with zero attached hydrogens (tertiary/aromatic N) is 2. The van der Waals surface area contributed by atoms with Gasteiger partial charge < -0.3 is 14.4 Å². The lowest BCUT2D eigenvalue weighted by molar-refractivity contribution is -0.136. The van der Waals surface area contributed by atoms with Crippen LogP contribution in [0.3, 0.4) is 0 Å². The molecule has 1 heterocycles. The summed E-state index contributed by atoms with van der Waals surface area (Å²) in [5.74, 6) is -0.0707. The molecule has 0 aliphatic carbocycles. The van der Waals surface area contributed by atoms with Crippen molar-refractivity contribution in [1.82, 2.24) is 9.55 Å². The summed E-state index contributed by atoms with van der Waals surface area (Å²) in [4.78, 5) is 15.1. The van der Waals surface area contributed by atoms with E-state index < -0.39 is 5.97 Å². The van der Waals surface area contributed by atoms with Gasteiger partial charge in [0.05, 0.1) is 30.7 Å². The number of carboxylic acid groups (broad SMARTS) is 1. The van der Waals surface area contributed by atoms with Crippen molar-refractivity contribution in [1.29, 1.82) is 0 Å². The molecule has 0 spiro atoms. The molecule has 0 saturated heterocycles. The van der Waals surface area contributed by atoms with Crippen molar-refractivity contribution in [3.05, 3.63) is 42.0 Å². The zero-order valence-corrected chi connectivity index (χ0v) is 11.0. The Morgan fingerprint density at radius 1 is 1.37 bits per heavy atom. The van der Waals surface area contributed by atoms with Gasteiger partial charge in [-0.1, -0.05) is 0 Å². The molecular weight excluding hydrogens is 244 g/mol. The summed E-state index contributed by atoms with van der Waals surface area (Å²) in [7, 11) is 0. The number of ether oxygens (including phenoxy) is 1. The summed E-state index contributed by atoms with van der Waals surface area (Å²) in [6.45, 7) is 4.36. The number of aromatic nitrogens is 2. The van der Waals surface area contributed by atoms with Crippen molar-refractivity contribution in [3.8, 4) is 11.4 Å². The molecule has 1 N–H and O–H groups in total. The molecule has 100 valence electrons. The average Bonchev–Trinajstić information content (AvgIpc) is 2.72. The van der Waals surface area contributed by atoms with Crippen LogP contribution in [0.25, 0.3) is 5.69 Å². The van der Waals surface area contributed by atoms with Crippen LogP contribution in [0, 0.1) is 6.92 Å². The van der Waals surface area contributed by atoms with Crippen LogP contribution in [0.5, 0.6) is 5.75 Å². The van der Waals surface area contributed by atoms with Crippen LogP contribution in [0.15, 0.2) is 30.6 Å². The first-order valence-electron chi connectivity index (χ1n) is 6.09. The van der Waals surface area contributed by atoms with Crippen LogP contribution in [0.4, 0.5) is 0 Å².